The van der Waals surface area contributed by atoms with E-state index in [1.165, 1.54) is 6.33 Å². The van der Waals surface area contributed by atoms with Crippen LogP contribution in [0, 0.1) is 0 Å². The Balaban J connectivity index is 2.44. The maximum Gasteiger partial charge on any atom is 0.269 e. The molecule has 0 aliphatic rings. The summed E-state index contributed by atoms with van der Waals surface area (Å²) < 4.78 is 1.84. The van der Waals surface area contributed by atoms with Crippen molar-refractivity contribution in [3.63, 3.8) is 0 Å². The number of amides is 1. The smallest absolute Gasteiger partial charge is 0.269 e. The molecule has 0 unspecified atom stereocenters. The summed E-state index contributed by atoms with van der Waals surface area (Å²) >= 11 is 0. The highest BCUT2D eigenvalue weighted by Crippen LogP contribution is 2.12. The fraction of sp³-hybridized carbons (Fsp3) is 0.273. The lowest BCUT2D eigenvalue weighted by atomic mass is 10.3. The Morgan fingerprint density at radius 1 is 1.41 bits per heavy atom. The van der Waals surface area contributed by atoms with Crippen LogP contribution in [-0.4, -0.2) is 25.4 Å². The summed E-state index contributed by atoms with van der Waals surface area (Å²) in [5, 5.41) is 0. The van der Waals surface area contributed by atoms with E-state index in [0.29, 0.717) is 17.7 Å². The number of nitrogens with two attached hydrogens (primary N) is 1. The molecule has 0 radical (unpaired) electrons. The summed E-state index contributed by atoms with van der Waals surface area (Å²) in [7, 11) is 0. The Morgan fingerprint density at radius 2 is 2.24 bits per heavy atom. The van der Waals surface area contributed by atoms with Crippen LogP contribution in [0.3, 0.4) is 0 Å². The Labute approximate surface area is 98.2 Å². The van der Waals surface area contributed by atoms with Gasteiger partial charge in [-0.3, -0.25) is 4.79 Å². The number of carbonyl (C=O) groups is 1. The van der Waals surface area contributed by atoms with Gasteiger partial charge in [-0.05, 0) is 6.42 Å². The van der Waals surface area contributed by atoms with Gasteiger partial charge in [-0.15, -0.1) is 0 Å². The molecule has 88 valence electrons. The van der Waals surface area contributed by atoms with Crippen molar-refractivity contribution in [2.45, 2.75) is 19.9 Å². The van der Waals surface area contributed by atoms with Crippen molar-refractivity contribution in [3.8, 4) is 0 Å². The number of hydrogen-bond acceptors (Lipinski definition) is 4. The van der Waals surface area contributed by atoms with Crippen molar-refractivity contribution in [3.05, 3.63) is 30.5 Å². The maximum atomic E-state index is 11.2. The van der Waals surface area contributed by atoms with Gasteiger partial charge in [0.05, 0.1) is 6.33 Å². The second kappa shape index (κ2) is 4.73. The summed E-state index contributed by atoms with van der Waals surface area (Å²) in [6, 6.07) is 0. The van der Waals surface area contributed by atoms with E-state index in [0.717, 1.165) is 6.42 Å². The Morgan fingerprint density at radius 3 is 2.94 bits per heavy atom. The molecule has 0 aliphatic carbocycles. The van der Waals surface area contributed by atoms with Gasteiger partial charge >= 0.3 is 0 Å². The molecule has 17 heavy (non-hydrogen) atoms. The molecule has 0 spiro atoms. The van der Waals surface area contributed by atoms with Crippen LogP contribution >= 0.6 is 0 Å². The minimum atomic E-state index is -0.591. The van der Waals surface area contributed by atoms with E-state index in [-0.39, 0.29) is 5.69 Å². The minimum absolute atomic E-state index is 0.160. The average molecular weight is 231 g/mol. The molecule has 2 N–H and O–H groups in total. The number of carbonyl (C=O) groups excluding carboxylic acids is 1. The second-order valence-electron chi connectivity index (χ2n) is 3.54. The first-order valence-electron chi connectivity index (χ1n) is 5.34. The van der Waals surface area contributed by atoms with Crippen LogP contribution in [0.2, 0.25) is 0 Å². The van der Waals surface area contributed by atoms with E-state index in [1.807, 2.05) is 10.6 Å². The number of primary amides is 1. The highest BCUT2D eigenvalue weighted by atomic mass is 16.1. The van der Waals surface area contributed by atoms with Crippen molar-refractivity contribution in [1.29, 1.82) is 0 Å². The van der Waals surface area contributed by atoms with Crippen LogP contribution in [0.5, 0.6) is 0 Å². The molecule has 0 atom stereocenters. The number of aromatic nitrogens is 4. The quantitative estimate of drug-likeness (QED) is 0.792. The summed E-state index contributed by atoms with van der Waals surface area (Å²) in [6.45, 7) is 2.73. The SMILES string of the molecule is CC/C=C/Cn1cnc2c(C(N)=O)ncnc21. The molecule has 0 aromatic carbocycles. The van der Waals surface area contributed by atoms with Gasteiger partial charge in [-0.2, -0.15) is 0 Å². The first-order valence-corrected chi connectivity index (χ1v) is 5.34. The minimum Gasteiger partial charge on any atom is -0.364 e. The van der Waals surface area contributed by atoms with Crippen LogP contribution in [0.1, 0.15) is 23.8 Å². The highest BCUT2D eigenvalue weighted by molar-refractivity contribution is 6.01. The van der Waals surface area contributed by atoms with Crippen LogP contribution in [0.15, 0.2) is 24.8 Å². The molecule has 2 aromatic heterocycles. The van der Waals surface area contributed by atoms with Gasteiger partial charge in [-0.25, -0.2) is 15.0 Å². The van der Waals surface area contributed by atoms with E-state index in [2.05, 4.69) is 28.0 Å². The van der Waals surface area contributed by atoms with Crippen molar-refractivity contribution < 1.29 is 4.79 Å². The summed E-state index contributed by atoms with van der Waals surface area (Å²) in [6.07, 6.45) is 8.01. The van der Waals surface area contributed by atoms with Crippen LogP contribution in [0.25, 0.3) is 11.2 Å². The lowest BCUT2D eigenvalue weighted by Gasteiger charge is -1.99. The maximum absolute atomic E-state index is 11.2. The fourth-order valence-electron chi connectivity index (χ4n) is 1.55. The molecule has 2 heterocycles. The molecule has 0 saturated heterocycles. The second-order valence-corrected chi connectivity index (χ2v) is 3.54. The Kier molecular flexibility index (Phi) is 3.13. The third-order valence-corrected chi connectivity index (χ3v) is 2.34. The normalized spacial score (nSPS) is 11.4. The topological polar surface area (TPSA) is 86.7 Å². The van der Waals surface area contributed by atoms with Crippen LogP contribution < -0.4 is 5.73 Å². The lowest BCUT2D eigenvalue weighted by molar-refractivity contribution is 0.0997. The molecular formula is C11H13N5O. The van der Waals surface area contributed by atoms with Gasteiger partial charge in [0.1, 0.15) is 11.8 Å². The molecule has 0 saturated carbocycles. The van der Waals surface area contributed by atoms with Gasteiger partial charge in [0.15, 0.2) is 11.3 Å². The number of imidazole rings is 1. The summed E-state index contributed by atoms with van der Waals surface area (Å²) in [5.74, 6) is -0.591. The number of allylic oxidation sites excluding steroid dienone is 2. The molecule has 1 amide bonds. The predicted octanol–water partition coefficient (Wildman–Crippen LogP) is 0.891. The van der Waals surface area contributed by atoms with Crippen molar-refractivity contribution in [2.75, 3.05) is 0 Å². The van der Waals surface area contributed by atoms with Gasteiger partial charge in [0.2, 0.25) is 0 Å². The number of hydrogen-bond donors (Lipinski definition) is 1. The molecule has 2 aromatic rings. The first kappa shape index (κ1) is 11.3. The fourth-order valence-corrected chi connectivity index (χ4v) is 1.55. The summed E-state index contributed by atoms with van der Waals surface area (Å²) in [4.78, 5) is 23.2. The zero-order valence-electron chi connectivity index (χ0n) is 9.50. The van der Waals surface area contributed by atoms with E-state index in [9.17, 15) is 4.79 Å². The predicted molar refractivity (Wildman–Crippen MR) is 63.3 cm³/mol. The number of fused-ring (bicyclic) bond motifs is 1. The van der Waals surface area contributed by atoms with Gasteiger partial charge < -0.3 is 10.3 Å². The van der Waals surface area contributed by atoms with Crippen LogP contribution in [-0.2, 0) is 6.54 Å². The Hall–Kier alpha value is -2.24. The van der Waals surface area contributed by atoms with Crippen molar-refractivity contribution in [1.82, 2.24) is 19.5 Å². The molecule has 6 nitrogen and oxygen atoms in total. The Bertz CT molecular complexity index is 572. The molecule has 2 rings (SSSR count). The van der Waals surface area contributed by atoms with Crippen LogP contribution in [0.4, 0.5) is 0 Å². The molecule has 0 aliphatic heterocycles. The third kappa shape index (κ3) is 2.15. The van der Waals surface area contributed by atoms with E-state index >= 15 is 0 Å². The average Bonchev–Trinajstić information content (AvgIpc) is 2.72. The first-order chi connectivity index (χ1) is 8.24. The van der Waals surface area contributed by atoms with Gasteiger partial charge in [-0.1, -0.05) is 19.1 Å². The zero-order chi connectivity index (χ0) is 12.3. The van der Waals surface area contributed by atoms with Gasteiger partial charge in [0.25, 0.3) is 5.91 Å². The third-order valence-electron chi connectivity index (χ3n) is 2.34. The lowest BCUT2D eigenvalue weighted by Crippen LogP contribution is -2.14. The molecule has 0 bridgehead atoms. The van der Waals surface area contributed by atoms with Crippen molar-refractivity contribution >= 4 is 17.1 Å². The standard InChI is InChI=1S/C11H13N5O/c1-2-3-4-5-16-7-15-9-8(10(12)17)13-6-14-11(9)16/h3-4,6-7H,2,5H2,1H3,(H2,12,17)/b4-3+. The molecule has 6 heteroatoms. The van der Waals surface area contributed by atoms with Gasteiger partial charge in [0, 0.05) is 6.54 Å². The van der Waals surface area contributed by atoms with E-state index < -0.39 is 5.91 Å². The van der Waals surface area contributed by atoms with E-state index in [1.54, 1.807) is 6.33 Å². The number of rotatable bonds is 4. The van der Waals surface area contributed by atoms with E-state index in [4.69, 9.17) is 5.73 Å². The van der Waals surface area contributed by atoms with Crippen molar-refractivity contribution in [2.24, 2.45) is 5.73 Å². The molecule has 0 fully saturated rings. The number of nitrogens with zero attached hydrogens (tertiary/aromatic N) is 4. The zero-order valence-corrected chi connectivity index (χ0v) is 9.50. The molecular weight excluding hydrogens is 218 g/mol. The monoisotopic (exact) mass is 231 g/mol. The highest BCUT2D eigenvalue weighted by Gasteiger charge is 2.12. The summed E-state index contributed by atoms with van der Waals surface area (Å²) in [5.41, 5.74) is 6.45. The largest absolute Gasteiger partial charge is 0.364 e.